The zero-order valence-corrected chi connectivity index (χ0v) is 33.4. The van der Waals surface area contributed by atoms with Crippen molar-refractivity contribution in [3.63, 3.8) is 0 Å². The van der Waals surface area contributed by atoms with Crippen LogP contribution in [0.2, 0.25) is 0 Å². The molecule has 5 nitrogen and oxygen atoms in total. The Balaban J connectivity index is 4.10. The second-order valence-corrected chi connectivity index (χ2v) is 15.1. The van der Waals surface area contributed by atoms with E-state index in [0.717, 1.165) is 57.9 Å². The lowest BCUT2D eigenvalue weighted by molar-refractivity contribution is -0.162. The zero-order chi connectivity index (χ0) is 35.7. The summed E-state index contributed by atoms with van der Waals surface area (Å²) in [6.07, 6.45) is 44.7. The van der Waals surface area contributed by atoms with Crippen LogP contribution in [0.4, 0.5) is 0 Å². The van der Waals surface area contributed by atoms with Gasteiger partial charge in [0.1, 0.15) is 0 Å². The van der Waals surface area contributed by atoms with Crippen molar-refractivity contribution in [3.05, 3.63) is 0 Å². The van der Waals surface area contributed by atoms with Crippen molar-refractivity contribution in [1.29, 1.82) is 0 Å². The zero-order valence-electron chi connectivity index (χ0n) is 33.4. The predicted molar refractivity (Wildman–Crippen MR) is 212 cm³/mol. The van der Waals surface area contributed by atoms with E-state index in [0.29, 0.717) is 19.6 Å². The Morgan fingerprint density at radius 3 is 0.898 bits per heavy atom. The summed E-state index contributed by atoms with van der Waals surface area (Å²) in [6.45, 7) is 6.16. The fourth-order valence-electron chi connectivity index (χ4n) is 6.85. The summed E-state index contributed by atoms with van der Waals surface area (Å²) in [4.78, 5) is 26.0. The first-order valence-corrected chi connectivity index (χ1v) is 22.2. The summed E-state index contributed by atoms with van der Waals surface area (Å²) in [5.74, 6) is -1.51. The molecule has 0 heterocycles. The van der Waals surface area contributed by atoms with E-state index in [2.05, 4.69) is 13.8 Å². The van der Waals surface area contributed by atoms with Gasteiger partial charge in [-0.1, -0.05) is 219 Å². The monoisotopic (exact) mass is 694 g/mol. The molecule has 292 valence electrons. The Kier molecular flexibility index (Phi) is 40.4. The standard InChI is InChI=1S/C44H87NO4/c1-3-5-7-9-11-13-15-17-19-21-23-28-32-36-40-48-43(46)42(38-34-30-26-25-27-31-35-39-45)44(47)49-41-37-33-29-24-22-20-18-16-14-12-10-8-6-4-2/h42H,3-41,45H2,1-2H3. The van der Waals surface area contributed by atoms with Gasteiger partial charge in [-0.2, -0.15) is 0 Å². The van der Waals surface area contributed by atoms with Crippen molar-refractivity contribution >= 4 is 11.9 Å². The average Bonchev–Trinajstić information content (AvgIpc) is 3.10. The van der Waals surface area contributed by atoms with Crippen LogP contribution in [0, 0.1) is 5.92 Å². The minimum atomic E-state index is -0.768. The van der Waals surface area contributed by atoms with Crippen molar-refractivity contribution in [3.8, 4) is 0 Å². The highest BCUT2D eigenvalue weighted by atomic mass is 16.6. The van der Waals surface area contributed by atoms with Gasteiger partial charge >= 0.3 is 11.9 Å². The minimum absolute atomic E-state index is 0.372. The normalized spacial score (nSPS) is 11.4. The lowest BCUT2D eigenvalue weighted by Crippen LogP contribution is -2.28. The summed E-state index contributed by atoms with van der Waals surface area (Å²) < 4.78 is 11.3. The van der Waals surface area contributed by atoms with Gasteiger partial charge in [0.05, 0.1) is 13.2 Å². The first-order chi connectivity index (χ1) is 24.2. The number of unbranched alkanes of at least 4 members (excludes halogenated alkanes) is 32. The average molecular weight is 694 g/mol. The smallest absolute Gasteiger partial charge is 0.320 e. The molecular formula is C44H87NO4. The van der Waals surface area contributed by atoms with Crippen LogP contribution in [0.25, 0.3) is 0 Å². The third kappa shape index (κ3) is 36.5. The summed E-state index contributed by atoms with van der Waals surface area (Å²) in [7, 11) is 0. The largest absolute Gasteiger partial charge is 0.465 e. The van der Waals surface area contributed by atoms with E-state index >= 15 is 0 Å². The molecule has 0 saturated carbocycles. The molecule has 49 heavy (non-hydrogen) atoms. The molecule has 0 aromatic heterocycles. The topological polar surface area (TPSA) is 78.6 Å². The van der Waals surface area contributed by atoms with Gasteiger partial charge in [-0.15, -0.1) is 0 Å². The van der Waals surface area contributed by atoms with Crippen LogP contribution in [0.5, 0.6) is 0 Å². The van der Waals surface area contributed by atoms with Gasteiger partial charge in [0.25, 0.3) is 0 Å². The highest BCUT2D eigenvalue weighted by Gasteiger charge is 2.29. The summed E-state index contributed by atoms with van der Waals surface area (Å²) >= 11 is 0. The molecule has 0 aromatic carbocycles. The van der Waals surface area contributed by atoms with Gasteiger partial charge in [0.2, 0.25) is 0 Å². The molecule has 0 aliphatic heterocycles. The number of ether oxygens (including phenoxy) is 2. The second kappa shape index (κ2) is 41.3. The van der Waals surface area contributed by atoms with E-state index in [-0.39, 0.29) is 11.9 Å². The van der Waals surface area contributed by atoms with Crippen LogP contribution in [0.1, 0.15) is 245 Å². The van der Waals surface area contributed by atoms with E-state index in [4.69, 9.17) is 15.2 Å². The number of carbonyl (C=O) groups excluding carboxylic acids is 2. The predicted octanol–water partition coefficient (Wildman–Crippen LogP) is 13.7. The molecule has 0 fully saturated rings. The van der Waals surface area contributed by atoms with Crippen molar-refractivity contribution in [2.75, 3.05) is 19.8 Å². The number of hydrogen-bond donors (Lipinski definition) is 1. The number of esters is 2. The Hall–Kier alpha value is -1.10. The summed E-state index contributed by atoms with van der Waals surface area (Å²) in [6, 6.07) is 0. The Morgan fingerprint density at radius 2 is 0.612 bits per heavy atom. The quantitative estimate of drug-likeness (QED) is 0.0392. The lowest BCUT2D eigenvalue weighted by atomic mass is 10.00. The van der Waals surface area contributed by atoms with E-state index in [1.165, 1.54) is 173 Å². The molecular weight excluding hydrogens is 606 g/mol. The van der Waals surface area contributed by atoms with E-state index in [1.807, 2.05) is 0 Å². The van der Waals surface area contributed by atoms with Gasteiger partial charge in [0.15, 0.2) is 5.92 Å². The van der Waals surface area contributed by atoms with Crippen LogP contribution in [-0.2, 0) is 19.1 Å². The Morgan fingerprint density at radius 1 is 0.367 bits per heavy atom. The van der Waals surface area contributed by atoms with Gasteiger partial charge in [0, 0.05) is 0 Å². The first kappa shape index (κ1) is 47.9. The number of nitrogens with two attached hydrogens (primary N) is 1. The molecule has 0 radical (unpaired) electrons. The number of carbonyl (C=O) groups is 2. The van der Waals surface area contributed by atoms with Crippen LogP contribution < -0.4 is 5.73 Å². The second-order valence-electron chi connectivity index (χ2n) is 15.1. The van der Waals surface area contributed by atoms with Crippen molar-refractivity contribution < 1.29 is 19.1 Å². The maximum absolute atomic E-state index is 13.0. The third-order valence-electron chi connectivity index (χ3n) is 10.3. The van der Waals surface area contributed by atoms with Gasteiger partial charge in [-0.3, -0.25) is 9.59 Å². The Bertz CT molecular complexity index is 623. The molecule has 0 unspecified atom stereocenters. The SMILES string of the molecule is CCCCCCCCCCCCCCCCOC(=O)C(CCCCCCCCCN)C(=O)OCCCCCCCCCCCCCCCC. The molecule has 0 amide bonds. The molecule has 0 saturated heterocycles. The molecule has 0 atom stereocenters. The molecule has 5 heteroatoms. The van der Waals surface area contributed by atoms with E-state index < -0.39 is 5.92 Å². The van der Waals surface area contributed by atoms with Crippen LogP contribution >= 0.6 is 0 Å². The van der Waals surface area contributed by atoms with Gasteiger partial charge in [-0.25, -0.2) is 0 Å². The fourth-order valence-corrected chi connectivity index (χ4v) is 6.85. The van der Waals surface area contributed by atoms with Crippen molar-refractivity contribution in [2.45, 2.75) is 245 Å². The van der Waals surface area contributed by atoms with Crippen LogP contribution in [-0.4, -0.2) is 31.7 Å². The van der Waals surface area contributed by atoms with Gasteiger partial charge in [-0.05, 0) is 32.2 Å². The van der Waals surface area contributed by atoms with Crippen molar-refractivity contribution in [1.82, 2.24) is 0 Å². The van der Waals surface area contributed by atoms with Gasteiger partial charge < -0.3 is 15.2 Å². The summed E-state index contributed by atoms with van der Waals surface area (Å²) in [5.41, 5.74) is 5.60. The van der Waals surface area contributed by atoms with E-state index in [9.17, 15) is 9.59 Å². The summed E-state index contributed by atoms with van der Waals surface area (Å²) in [5, 5.41) is 0. The van der Waals surface area contributed by atoms with Crippen LogP contribution in [0.3, 0.4) is 0 Å². The highest BCUT2D eigenvalue weighted by Crippen LogP contribution is 2.18. The first-order valence-electron chi connectivity index (χ1n) is 22.2. The lowest BCUT2D eigenvalue weighted by Gasteiger charge is -2.15. The Labute approximate surface area is 306 Å². The maximum atomic E-state index is 13.0. The molecule has 0 bridgehead atoms. The number of hydrogen-bond acceptors (Lipinski definition) is 5. The van der Waals surface area contributed by atoms with Crippen LogP contribution in [0.15, 0.2) is 0 Å². The minimum Gasteiger partial charge on any atom is -0.465 e. The molecule has 0 aromatic rings. The maximum Gasteiger partial charge on any atom is 0.320 e. The fraction of sp³-hybridized carbons (Fsp3) is 0.955. The number of rotatable bonds is 41. The molecule has 0 spiro atoms. The molecule has 0 aliphatic rings. The molecule has 2 N–H and O–H groups in total. The highest BCUT2D eigenvalue weighted by molar-refractivity contribution is 5.94. The van der Waals surface area contributed by atoms with E-state index in [1.54, 1.807) is 0 Å². The molecule has 0 rings (SSSR count). The molecule has 0 aliphatic carbocycles. The third-order valence-corrected chi connectivity index (χ3v) is 10.3. The van der Waals surface area contributed by atoms with Crippen molar-refractivity contribution in [2.24, 2.45) is 11.7 Å².